The highest BCUT2D eigenvalue weighted by Gasteiger charge is 2.06. The van der Waals surface area contributed by atoms with Crippen molar-refractivity contribution in [1.82, 2.24) is 4.98 Å². The van der Waals surface area contributed by atoms with Crippen LogP contribution in [-0.4, -0.2) is 4.98 Å². The number of rotatable bonds is 2. The van der Waals surface area contributed by atoms with Gasteiger partial charge >= 0.3 is 0 Å². The van der Waals surface area contributed by atoms with Crippen LogP contribution in [-0.2, 0) is 0 Å². The van der Waals surface area contributed by atoms with Crippen molar-refractivity contribution >= 4 is 54.0 Å². The second-order valence-corrected chi connectivity index (χ2v) is 6.28. The molecule has 1 aromatic heterocycles. The SMILES string of the molecule is Cc1ccc(Br)cc1Nc1nc2ccc(N)cc2s1. The number of hydrogen-bond acceptors (Lipinski definition) is 4. The van der Waals surface area contributed by atoms with Crippen molar-refractivity contribution in [2.24, 2.45) is 0 Å². The van der Waals surface area contributed by atoms with Gasteiger partial charge in [-0.2, -0.15) is 0 Å². The average molecular weight is 334 g/mol. The van der Waals surface area contributed by atoms with Crippen LogP contribution in [0.1, 0.15) is 5.56 Å². The molecule has 0 aliphatic rings. The molecule has 0 saturated carbocycles. The molecule has 0 amide bonds. The zero-order valence-corrected chi connectivity index (χ0v) is 12.7. The van der Waals surface area contributed by atoms with Crippen molar-refractivity contribution in [1.29, 1.82) is 0 Å². The molecule has 0 aliphatic heterocycles. The molecular weight excluding hydrogens is 322 g/mol. The standard InChI is InChI=1S/C14H12BrN3S/c1-8-2-3-9(15)6-12(8)18-14-17-11-5-4-10(16)7-13(11)19-14/h2-7H,16H2,1H3,(H,17,18). The molecule has 0 saturated heterocycles. The van der Waals surface area contributed by atoms with Crippen molar-refractivity contribution in [2.45, 2.75) is 6.92 Å². The number of nitrogens with zero attached hydrogens (tertiary/aromatic N) is 1. The Bertz CT molecular complexity index is 752. The van der Waals surface area contributed by atoms with Crippen LogP contribution < -0.4 is 11.1 Å². The Morgan fingerprint density at radius 3 is 2.89 bits per heavy atom. The van der Waals surface area contributed by atoms with Gasteiger partial charge in [0, 0.05) is 15.8 Å². The van der Waals surface area contributed by atoms with Crippen LogP contribution in [0.25, 0.3) is 10.2 Å². The molecule has 96 valence electrons. The number of fused-ring (bicyclic) bond motifs is 1. The molecule has 3 aromatic rings. The van der Waals surface area contributed by atoms with E-state index in [9.17, 15) is 0 Å². The number of halogens is 1. The lowest BCUT2D eigenvalue weighted by Crippen LogP contribution is -1.92. The first-order chi connectivity index (χ1) is 9.11. The van der Waals surface area contributed by atoms with Crippen LogP contribution in [0.2, 0.25) is 0 Å². The highest BCUT2D eigenvalue weighted by molar-refractivity contribution is 9.10. The van der Waals surface area contributed by atoms with E-state index in [4.69, 9.17) is 5.73 Å². The number of hydrogen-bond donors (Lipinski definition) is 2. The Labute approximate surface area is 123 Å². The van der Waals surface area contributed by atoms with Crippen molar-refractivity contribution in [3.63, 3.8) is 0 Å². The summed E-state index contributed by atoms with van der Waals surface area (Å²) < 4.78 is 2.14. The number of aromatic nitrogens is 1. The number of thiazole rings is 1. The molecule has 3 rings (SSSR count). The lowest BCUT2D eigenvalue weighted by molar-refractivity contribution is 1.39. The van der Waals surface area contributed by atoms with E-state index in [-0.39, 0.29) is 0 Å². The van der Waals surface area contributed by atoms with Gasteiger partial charge in [0.25, 0.3) is 0 Å². The summed E-state index contributed by atoms with van der Waals surface area (Å²) >= 11 is 5.08. The average Bonchev–Trinajstić information content (AvgIpc) is 2.75. The molecule has 3 N–H and O–H groups in total. The summed E-state index contributed by atoms with van der Waals surface area (Å²) in [4.78, 5) is 4.56. The molecule has 5 heteroatoms. The van der Waals surface area contributed by atoms with Gasteiger partial charge in [0.2, 0.25) is 0 Å². The van der Waals surface area contributed by atoms with E-state index < -0.39 is 0 Å². The van der Waals surface area contributed by atoms with E-state index in [1.165, 1.54) is 5.56 Å². The predicted octanol–water partition coefficient (Wildman–Crippen LogP) is 4.69. The third-order valence-corrected chi connectivity index (χ3v) is 4.28. The van der Waals surface area contributed by atoms with E-state index in [0.29, 0.717) is 0 Å². The number of nitrogen functional groups attached to an aromatic ring is 1. The van der Waals surface area contributed by atoms with E-state index in [0.717, 1.165) is 31.2 Å². The zero-order valence-electron chi connectivity index (χ0n) is 10.3. The molecule has 0 spiro atoms. The van der Waals surface area contributed by atoms with Gasteiger partial charge in [0.05, 0.1) is 10.2 Å². The number of aryl methyl sites for hydroxylation is 1. The summed E-state index contributed by atoms with van der Waals surface area (Å²) in [6.45, 7) is 2.07. The Morgan fingerprint density at radius 1 is 1.21 bits per heavy atom. The number of nitrogens with two attached hydrogens (primary N) is 1. The summed E-state index contributed by atoms with van der Waals surface area (Å²) in [5, 5.41) is 4.24. The van der Waals surface area contributed by atoms with E-state index in [1.54, 1.807) is 11.3 Å². The van der Waals surface area contributed by atoms with E-state index in [1.807, 2.05) is 24.3 Å². The van der Waals surface area contributed by atoms with Crippen LogP contribution in [0.15, 0.2) is 40.9 Å². The first-order valence-electron chi connectivity index (χ1n) is 5.81. The Morgan fingerprint density at radius 2 is 2.05 bits per heavy atom. The number of benzene rings is 2. The van der Waals surface area contributed by atoms with Crippen molar-refractivity contribution in [2.75, 3.05) is 11.1 Å². The smallest absolute Gasteiger partial charge is 0.188 e. The van der Waals surface area contributed by atoms with Gasteiger partial charge in [-0.15, -0.1) is 0 Å². The van der Waals surface area contributed by atoms with Crippen LogP contribution in [0.4, 0.5) is 16.5 Å². The monoisotopic (exact) mass is 333 g/mol. The van der Waals surface area contributed by atoms with Crippen LogP contribution in [0.5, 0.6) is 0 Å². The fraction of sp³-hybridized carbons (Fsp3) is 0.0714. The normalized spacial score (nSPS) is 10.8. The molecule has 0 atom stereocenters. The third-order valence-electron chi connectivity index (χ3n) is 2.85. The molecule has 19 heavy (non-hydrogen) atoms. The minimum absolute atomic E-state index is 0.765. The van der Waals surface area contributed by atoms with Gasteiger partial charge in [0.15, 0.2) is 5.13 Å². The largest absolute Gasteiger partial charge is 0.399 e. The maximum Gasteiger partial charge on any atom is 0.188 e. The molecule has 1 heterocycles. The quantitative estimate of drug-likeness (QED) is 0.668. The minimum atomic E-state index is 0.765. The summed E-state index contributed by atoms with van der Waals surface area (Å²) in [6, 6.07) is 11.9. The highest BCUT2D eigenvalue weighted by Crippen LogP contribution is 2.31. The van der Waals surface area contributed by atoms with Gasteiger partial charge in [-0.1, -0.05) is 33.3 Å². The van der Waals surface area contributed by atoms with Crippen LogP contribution in [0.3, 0.4) is 0 Å². The van der Waals surface area contributed by atoms with Crippen molar-refractivity contribution in [3.05, 3.63) is 46.4 Å². The molecule has 0 radical (unpaired) electrons. The first kappa shape index (κ1) is 12.4. The van der Waals surface area contributed by atoms with Crippen LogP contribution >= 0.6 is 27.3 Å². The summed E-state index contributed by atoms with van der Waals surface area (Å²) in [6.07, 6.45) is 0. The molecule has 0 fully saturated rings. The van der Waals surface area contributed by atoms with E-state index in [2.05, 4.69) is 45.3 Å². The summed E-state index contributed by atoms with van der Waals surface area (Å²) in [5.41, 5.74) is 9.75. The van der Waals surface area contributed by atoms with Gasteiger partial charge in [-0.3, -0.25) is 0 Å². The fourth-order valence-electron chi connectivity index (χ4n) is 1.84. The summed E-state index contributed by atoms with van der Waals surface area (Å²) in [5.74, 6) is 0. The van der Waals surface area contributed by atoms with Crippen LogP contribution in [0, 0.1) is 6.92 Å². The highest BCUT2D eigenvalue weighted by atomic mass is 79.9. The predicted molar refractivity (Wildman–Crippen MR) is 86.2 cm³/mol. The lowest BCUT2D eigenvalue weighted by Gasteiger charge is -2.06. The maximum absolute atomic E-state index is 5.78. The Balaban J connectivity index is 1.98. The van der Waals surface area contributed by atoms with Crippen molar-refractivity contribution < 1.29 is 0 Å². The van der Waals surface area contributed by atoms with Gasteiger partial charge in [0.1, 0.15) is 0 Å². The maximum atomic E-state index is 5.78. The molecule has 0 aliphatic carbocycles. The summed E-state index contributed by atoms with van der Waals surface area (Å²) in [7, 11) is 0. The molecule has 2 aromatic carbocycles. The second-order valence-electron chi connectivity index (χ2n) is 4.33. The van der Waals surface area contributed by atoms with Crippen molar-refractivity contribution in [3.8, 4) is 0 Å². The minimum Gasteiger partial charge on any atom is -0.399 e. The van der Waals surface area contributed by atoms with Gasteiger partial charge in [-0.05, 0) is 42.8 Å². The topological polar surface area (TPSA) is 50.9 Å². The van der Waals surface area contributed by atoms with Gasteiger partial charge < -0.3 is 11.1 Å². The Kier molecular flexibility index (Phi) is 3.16. The number of nitrogens with one attached hydrogen (secondary N) is 1. The lowest BCUT2D eigenvalue weighted by atomic mass is 10.2. The molecule has 3 nitrogen and oxygen atoms in total. The zero-order chi connectivity index (χ0) is 13.4. The number of anilines is 3. The first-order valence-corrected chi connectivity index (χ1v) is 7.42. The van der Waals surface area contributed by atoms with E-state index >= 15 is 0 Å². The Hall–Kier alpha value is -1.59. The van der Waals surface area contributed by atoms with Gasteiger partial charge in [-0.25, -0.2) is 4.98 Å². The molecule has 0 bridgehead atoms. The molecular formula is C14H12BrN3S. The second kappa shape index (κ2) is 4.83. The third kappa shape index (κ3) is 2.57. The fourth-order valence-corrected chi connectivity index (χ4v) is 3.13. The molecule has 0 unspecified atom stereocenters.